The van der Waals surface area contributed by atoms with E-state index in [0.717, 1.165) is 14.7 Å². The lowest BCUT2D eigenvalue weighted by Crippen LogP contribution is -2.27. The molecule has 3 aromatic carbocycles. The van der Waals surface area contributed by atoms with Gasteiger partial charge < -0.3 is 14.8 Å². The SMILES string of the molecule is COc1cc(/C=C(/C#N)C(=O)N[C@H](C)c2ccccc2)cc(Cl)c1OCc1ccc(I)cc1. The predicted molar refractivity (Wildman–Crippen MR) is 138 cm³/mol. The van der Waals surface area contributed by atoms with Crippen LogP contribution in [0.5, 0.6) is 11.5 Å². The highest BCUT2D eigenvalue weighted by atomic mass is 127. The molecule has 1 atom stereocenters. The molecule has 0 saturated carbocycles. The van der Waals surface area contributed by atoms with Crippen LogP contribution in [0.2, 0.25) is 5.02 Å². The lowest BCUT2D eigenvalue weighted by molar-refractivity contribution is -0.117. The predicted octanol–water partition coefficient (Wildman–Crippen LogP) is 6.32. The normalized spacial score (nSPS) is 11.9. The lowest BCUT2D eigenvalue weighted by atomic mass is 10.1. The van der Waals surface area contributed by atoms with Crippen molar-refractivity contribution in [1.29, 1.82) is 5.26 Å². The van der Waals surface area contributed by atoms with Crippen molar-refractivity contribution in [2.75, 3.05) is 7.11 Å². The molecule has 0 aliphatic heterocycles. The first-order valence-electron chi connectivity index (χ1n) is 10.1. The highest BCUT2D eigenvalue weighted by Gasteiger charge is 2.16. The van der Waals surface area contributed by atoms with Crippen LogP contribution in [-0.2, 0) is 11.4 Å². The summed E-state index contributed by atoms with van der Waals surface area (Å²) in [6, 6.07) is 22.5. The van der Waals surface area contributed by atoms with Crippen LogP contribution in [-0.4, -0.2) is 13.0 Å². The topological polar surface area (TPSA) is 71.3 Å². The molecule has 0 radical (unpaired) electrons. The van der Waals surface area contributed by atoms with Crippen molar-refractivity contribution in [3.05, 3.63) is 97.6 Å². The van der Waals surface area contributed by atoms with Gasteiger partial charge in [0, 0.05) is 3.57 Å². The van der Waals surface area contributed by atoms with Crippen LogP contribution in [0.4, 0.5) is 0 Å². The van der Waals surface area contributed by atoms with Gasteiger partial charge in [0.2, 0.25) is 0 Å². The summed E-state index contributed by atoms with van der Waals surface area (Å²) in [6.45, 7) is 2.19. The summed E-state index contributed by atoms with van der Waals surface area (Å²) in [6.07, 6.45) is 1.48. The number of nitrogens with zero attached hydrogens (tertiary/aromatic N) is 1. The van der Waals surface area contributed by atoms with Gasteiger partial charge in [-0.15, -0.1) is 0 Å². The van der Waals surface area contributed by atoms with Gasteiger partial charge in [0.15, 0.2) is 11.5 Å². The van der Waals surface area contributed by atoms with Gasteiger partial charge >= 0.3 is 0 Å². The fourth-order valence-corrected chi connectivity index (χ4v) is 3.75. The van der Waals surface area contributed by atoms with Crippen LogP contribution in [0.3, 0.4) is 0 Å². The van der Waals surface area contributed by atoms with Crippen molar-refractivity contribution in [2.45, 2.75) is 19.6 Å². The van der Waals surface area contributed by atoms with E-state index in [1.54, 1.807) is 12.1 Å². The van der Waals surface area contributed by atoms with Crippen molar-refractivity contribution in [1.82, 2.24) is 5.32 Å². The summed E-state index contributed by atoms with van der Waals surface area (Å²) >= 11 is 8.70. The minimum atomic E-state index is -0.469. The molecule has 0 unspecified atom stereocenters. The largest absolute Gasteiger partial charge is 0.493 e. The Morgan fingerprint density at radius 1 is 1.18 bits per heavy atom. The number of methoxy groups -OCH3 is 1. The fourth-order valence-electron chi connectivity index (χ4n) is 3.11. The zero-order valence-corrected chi connectivity index (χ0v) is 21.1. The van der Waals surface area contributed by atoms with E-state index in [0.29, 0.717) is 28.7 Å². The van der Waals surface area contributed by atoms with Crippen LogP contribution in [0, 0.1) is 14.9 Å². The van der Waals surface area contributed by atoms with Crippen molar-refractivity contribution in [3.63, 3.8) is 0 Å². The van der Waals surface area contributed by atoms with E-state index in [2.05, 4.69) is 27.9 Å². The molecule has 0 heterocycles. The summed E-state index contributed by atoms with van der Waals surface area (Å²) in [5.74, 6) is 0.341. The third-order valence-electron chi connectivity index (χ3n) is 4.87. The van der Waals surface area contributed by atoms with Gasteiger partial charge in [-0.3, -0.25) is 4.79 Å². The van der Waals surface area contributed by atoms with Crippen LogP contribution in [0.1, 0.15) is 29.7 Å². The summed E-state index contributed by atoms with van der Waals surface area (Å²) in [5, 5.41) is 12.7. The van der Waals surface area contributed by atoms with E-state index in [9.17, 15) is 10.1 Å². The second-order valence-corrected chi connectivity index (χ2v) is 8.88. The molecule has 168 valence electrons. The summed E-state index contributed by atoms with van der Waals surface area (Å²) in [4.78, 5) is 12.7. The number of benzene rings is 3. The van der Waals surface area contributed by atoms with E-state index in [1.165, 1.54) is 13.2 Å². The first-order valence-corrected chi connectivity index (χ1v) is 11.6. The van der Waals surface area contributed by atoms with Crippen molar-refractivity contribution < 1.29 is 14.3 Å². The Bertz CT molecular complexity index is 1190. The minimum Gasteiger partial charge on any atom is -0.493 e. The number of ether oxygens (including phenoxy) is 2. The highest BCUT2D eigenvalue weighted by molar-refractivity contribution is 14.1. The second kappa shape index (κ2) is 11.7. The molecular weight excluding hydrogens is 551 g/mol. The molecule has 3 aromatic rings. The molecule has 5 nitrogen and oxygen atoms in total. The minimum absolute atomic E-state index is 0.0385. The van der Waals surface area contributed by atoms with Crippen molar-refractivity contribution in [2.24, 2.45) is 0 Å². The van der Waals surface area contributed by atoms with Gasteiger partial charge in [0.05, 0.1) is 18.2 Å². The molecule has 1 amide bonds. The maximum absolute atomic E-state index is 12.7. The van der Waals surface area contributed by atoms with Gasteiger partial charge in [-0.25, -0.2) is 0 Å². The average molecular weight is 573 g/mol. The van der Waals surface area contributed by atoms with Crippen molar-refractivity contribution >= 4 is 46.2 Å². The first-order chi connectivity index (χ1) is 15.9. The Hall–Kier alpha value is -3.02. The van der Waals surface area contributed by atoms with Crippen molar-refractivity contribution in [3.8, 4) is 17.6 Å². The molecule has 1 N–H and O–H groups in total. The average Bonchev–Trinajstić information content (AvgIpc) is 2.83. The number of nitrogens with one attached hydrogen (secondary N) is 1. The molecule has 0 spiro atoms. The molecule has 0 saturated heterocycles. The van der Waals surface area contributed by atoms with Gasteiger partial charge in [0.1, 0.15) is 18.2 Å². The molecule has 0 fully saturated rings. The second-order valence-electron chi connectivity index (χ2n) is 7.22. The Kier molecular flexibility index (Phi) is 8.75. The van der Waals surface area contributed by atoms with Gasteiger partial charge in [-0.05, 0) is 76.5 Å². The number of hydrogen-bond acceptors (Lipinski definition) is 4. The number of carbonyl (C=O) groups is 1. The molecule has 3 rings (SSSR count). The monoisotopic (exact) mass is 572 g/mol. The smallest absolute Gasteiger partial charge is 0.262 e. The quantitative estimate of drug-likeness (QED) is 0.195. The number of amides is 1. The third-order valence-corrected chi connectivity index (χ3v) is 5.87. The van der Waals surface area contributed by atoms with E-state index in [1.807, 2.05) is 67.6 Å². The Balaban J connectivity index is 1.78. The number of nitriles is 1. The van der Waals surface area contributed by atoms with E-state index >= 15 is 0 Å². The molecule has 0 aromatic heterocycles. The van der Waals surface area contributed by atoms with E-state index in [-0.39, 0.29) is 11.6 Å². The molecule has 33 heavy (non-hydrogen) atoms. The Labute approximate surface area is 212 Å². The van der Waals surface area contributed by atoms with Gasteiger partial charge in [-0.1, -0.05) is 54.1 Å². The van der Waals surface area contributed by atoms with Crippen LogP contribution in [0.25, 0.3) is 6.08 Å². The molecule has 0 aliphatic rings. The Morgan fingerprint density at radius 2 is 1.88 bits per heavy atom. The molecular formula is C26H22ClIN2O3. The molecule has 7 heteroatoms. The van der Waals surface area contributed by atoms with E-state index in [4.69, 9.17) is 21.1 Å². The fraction of sp³-hybridized carbons (Fsp3) is 0.154. The number of carbonyl (C=O) groups excluding carboxylic acids is 1. The van der Waals surface area contributed by atoms with Crippen LogP contribution in [0.15, 0.2) is 72.3 Å². The van der Waals surface area contributed by atoms with Crippen LogP contribution < -0.4 is 14.8 Å². The maximum atomic E-state index is 12.7. The third kappa shape index (κ3) is 6.73. The van der Waals surface area contributed by atoms with Crippen LogP contribution >= 0.6 is 34.2 Å². The van der Waals surface area contributed by atoms with Gasteiger partial charge in [0.25, 0.3) is 5.91 Å². The Morgan fingerprint density at radius 3 is 2.52 bits per heavy atom. The number of rotatable bonds is 8. The zero-order chi connectivity index (χ0) is 23.8. The van der Waals surface area contributed by atoms with Gasteiger partial charge in [-0.2, -0.15) is 5.26 Å². The molecule has 0 bridgehead atoms. The standard InChI is InChI=1S/C26H22ClIN2O3/c1-17(20-6-4-3-5-7-20)30-26(31)21(15-29)12-19-13-23(27)25(24(14-19)32-2)33-16-18-8-10-22(28)11-9-18/h3-14,17H,16H2,1-2H3,(H,30,31)/b21-12-/t17-/m1/s1. The number of halogens is 2. The highest BCUT2D eigenvalue weighted by Crippen LogP contribution is 2.37. The molecule has 0 aliphatic carbocycles. The lowest BCUT2D eigenvalue weighted by Gasteiger charge is -2.15. The first kappa shape index (κ1) is 24.6. The number of hydrogen-bond donors (Lipinski definition) is 1. The zero-order valence-electron chi connectivity index (χ0n) is 18.1. The maximum Gasteiger partial charge on any atom is 0.262 e. The summed E-state index contributed by atoms with van der Waals surface area (Å²) in [5.41, 5.74) is 2.46. The summed E-state index contributed by atoms with van der Waals surface area (Å²) in [7, 11) is 1.51. The summed E-state index contributed by atoms with van der Waals surface area (Å²) < 4.78 is 12.5. The van der Waals surface area contributed by atoms with E-state index < -0.39 is 5.91 Å².